The van der Waals surface area contributed by atoms with Gasteiger partial charge < -0.3 is 4.74 Å². The Hall–Kier alpha value is -3.02. The maximum absolute atomic E-state index is 13.2. The van der Waals surface area contributed by atoms with Crippen molar-refractivity contribution >= 4 is 28.7 Å². The Balaban J connectivity index is 1.27. The lowest BCUT2D eigenvalue weighted by Gasteiger charge is -2.37. The van der Waals surface area contributed by atoms with E-state index >= 15 is 0 Å². The number of hydrogen-bond donors (Lipinski definition) is 0. The number of esters is 1. The van der Waals surface area contributed by atoms with E-state index in [2.05, 4.69) is 17.1 Å². The highest BCUT2D eigenvalue weighted by molar-refractivity contribution is 6.09. The summed E-state index contributed by atoms with van der Waals surface area (Å²) in [5, 5.41) is 0.853. The van der Waals surface area contributed by atoms with Crippen molar-refractivity contribution in [2.75, 3.05) is 0 Å². The quantitative estimate of drug-likeness (QED) is 0.350. The first-order valence-electron chi connectivity index (χ1n) is 10.2. The molecule has 2 saturated carbocycles. The number of ether oxygens (including phenoxy) is 1. The van der Waals surface area contributed by atoms with Gasteiger partial charge in [-0.3, -0.25) is 19.5 Å². The van der Waals surface area contributed by atoms with Crippen LogP contribution in [0.1, 0.15) is 13.3 Å². The summed E-state index contributed by atoms with van der Waals surface area (Å²) in [6.45, 7) is 1.57. The van der Waals surface area contributed by atoms with Crippen molar-refractivity contribution in [3.05, 3.63) is 48.7 Å². The first kappa shape index (κ1) is 16.9. The topological polar surface area (TPSA) is 76.6 Å². The number of hydrogen-bond acceptors (Lipinski definition) is 5. The lowest BCUT2D eigenvalue weighted by molar-refractivity contribution is -0.152. The zero-order valence-corrected chi connectivity index (χ0v) is 15.9. The summed E-state index contributed by atoms with van der Waals surface area (Å²) in [6.07, 6.45) is 7.00. The first-order valence-corrected chi connectivity index (χ1v) is 10.2. The molecule has 0 radical (unpaired) electrons. The fourth-order valence-corrected chi connectivity index (χ4v) is 5.82. The van der Waals surface area contributed by atoms with Gasteiger partial charge >= 0.3 is 5.97 Å². The third kappa shape index (κ3) is 2.23. The van der Waals surface area contributed by atoms with Crippen LogP contribution in [0.15, 0.2) is 48.7 Å². The Morgan fingerprint density at radius 3 is 2.41 bits per heavy atom. The number of allylic oxidation sites excluding steroid dienone is 2. The monoisotopic (exact) mass is 388 g/mol. The third-order valence-electron chi connectivity index (χ3n) is 7.23. The molecule has 6 heteroatoms. The average Bonchev–Trinajstić information content (AvgIpc) is 3.51. The second kappa shape index (κ2) is 5.75. The zero-order valence-electron chi connectivity index (χ0n) is 15.9. The van der Waals surface area contributed by atoms with Crippen LogP contribution in [-0.4, -0.2) is 33.7 Å². The van der Waals surface area contributed by atoms with Gasteiger partial charge in [-0.05, 0) is 49.1 Å². The van der Waals surface area contributed by atoms with Gasteiger partial charge in [0, 0.05) is 11.6 Å². The highest BCUT2D eigenvalue weighted by Gasteiger charge is 2.67. The highest BCUT2D eigenvalue weighted by Crippen LogP contribution is 2.65. The van der Waals surface area contributed by atoms with Crippen molar-refractivity contribution in [2.45, 2.75) is 19.4 Å². The Kier molecular flexibility index (Phi) is 3.35. The van der Waals surface area contributed by atoms with Gasteiger partial charge in [0.1, 0.15) is 11.6 Å². The molecule has 0 spiro atoms. The normalized spacial score (nSPS) is 34.9. The molecule has 2 heterocycles. The average molecular weight is 388 g/mol. The van der Waals surface area contributed by atoms with E-state index in [1.54, 1.807) is 25.3 Å². The molecule has 1 aromatic heterocycles. The van der Waals surface area contributed by atoms with Crippen LogP contribution >= 0.6 is 0 Å². The molecule has 6 nitrogen and oxygen atoms in total. The second-order valence-corrected chi connectivity index (χ2v) is 8.63. The van der Waals surface area contributed by atoms with Gasteiger partial charge in [0.15, 0.2) is 5.75 Å². The molecule has 2 bridgehead atoms. The van der Waals surface area contributed by atoms with Gasteiger partial charge in [0.2, 0.25) is 11.8 Å². The van der Waals surface area contributed by atoms with E-state index in [-0.39, 0.29) is 35.5 Å². The zero-order chi connectivity index (χ0) is 19.9. The van der Waals surface area contributed by atoms with E-state index in [4.69, 9.17) is 4.74 Å². The van der Waals surface area contributed by atoms with Crippen molar-refractivity contribution in [1.29, 1.82) is 0 Å². The fourth-order valence-electron chi connectivity index (χ4n) is 5.82. The number of nitrogens with zero attached hydrogens (tertiary/aromatic N) is 2. The summed E-state index contributed by atoms with van der Waals surface area (Å²) >= 11 is 0. The molecule has 2 amide bonds. The molecular weight excluding hydrogens is 368 g/mol. The van der Waals surface area contributed by atoms with Crippen LogP contribution in [0.4, 0.5) is 0 Å². The number of amides is 2. The van der Waals surface area contributed by atoms with E-state index in [0.29, 0.717) is 23.1 Å². The number of carbonyl (C=O) groups is 3. The fraction of sp³-hybridized carbons (Fsp3) is 0.391. The number of para-hydroxylation sites is 1. The molecular formula is C23H20N2O4. The minimum atomic E-state index is -0.963. The van der Waals surface area contributed by atoms with Gasteiger partial charge in [0.25, 0.3) is 0 Å². The number of imide groups is 1. The SMILES string of the molecule is C[C@H](C(=O)Oc1cccc2cccnc12)N1C(=O)[C@@H]2[C@H]3C=C[C@@H]([C@@H]4C[C@H]34)[C@@H]2C1=O. The second-order valence-electron chi connectivity index (χ2n) is 8.63. The van der Waals surface area contributed by atoms with Crippen molar-refractivity contribution in [2.24, 2.45) is 35.5 Å². The summed E-state index contributed by atoms with van der Waals surface area (Å²) in [4.78, 5) is 44.7. The minimum Gasteiger partial charge on any atom is -0.423 e. The van der Waals surface area contributed by atoms with Crippen LogP contribution in [0, 0.1) is 35.5 Å². The maximum Gasteiger partial charge on any atom is 0.334 e. The largest absolute Gasteiger partial charge is 0.423 e. The number of benzene rings is 1. The van der Waals surface area contributed by atoms with Crippen molar-refractivity contribution < 1.29 is 19.1 Å². The number of rotatable bonds is 3. The van der Waals surface area contributed by atoms with Crippen LogP contribution in [0.3, 0.4) is 0 Å². The molecule has 4 aliphatic carbocycles. The van der Waals surface area contributed by atoms with E-state index in [9.17, 15) is 14.4 Å². The van der Waals surface area contributed by atoms with E-state index < -0.39 is 12.0 Å². The number of fused-ring (bicyclic) bond motifs is 1. The molecule has 3 fully saturated rings. The molecule has 2 aromatic rings. The highest BCUT2D eigenvalue weighted by atomic mass is 16.5. The van der Waals surface area contributed by atoms with Crippen LogP contribution in [0.2, 0.25) is 0 Å². The predicted molar refractivity (Wildman–Crippen MR) is 103 cm³/mol. The maximum atomic E-state index is 13.2. The van der Waals surface area contributed by atoms with Gasteiger partial charge in [0.05, 0.1) is 11.8 Å². The van der Waals surface area contributed by atoms with Gasteiger partial charge in [-0.1, -0.05) is 30.4 Å². The summed E-state index contributed by atoms with van der Waals surface area (Å²) in [6, 6.07) is 8.08. The Bertz CT molecular complexity index is 1070. The van der Waals surface area contributed by atoms with E-state index in [1.807, 2.05) is 18.2 Å². The summed E-state index contributed by atoms with van der Waals surface area (Å²) in [5.74, 6) is 0.0121. The molecule has 1 saturated heterocycles. The first-order chi connectivity index (χ1) is 14.1. The smallest absolute Gasteiger partial charge is 0.334 e. The van der Waals surface area contributed by atoms with Crippen molar-refractivity contribution in [3.8, 4) is 5.75 Å². The third-order valence-corrected chi connectivity index (χ3v) is 7.23. The van der Waals surface area contributed by atoms with Crippen molar-refractivity contribution in [1.82, 2.24) is 9.88 Å². The Labute approximate surface area is 167 Å². The Morgan fingerprint density at radius 1 is 1.07 bits per heavy atom. The van der Waals surface area contributed by atoms with Gasteiger partial charge in [-0.2, -0.15) is 0 Å². The van der Waals surface area contributed by atoms with E-state index in [1.165, 1.54) is 0 Å². The predicted octanol–water partition coefficient (Wildman–Crippen LogP) is 2.58. The van der Waals surface area contributed by atoms with Crippen LogP contribution in [0.5, 0.6) is 5.75 Å². The standard InChI is InChI=1S/C23H20N2O4/c1-11(23(28)29-17-6-2-4-12-5-3-9-24-20(12)17)25-21(26)18-13-7-8-14(16-10-15(13)16)19(18)22(25)27/h2-9,11,13-16,18-19H,10H2,1H3/t11-,13+,14+,15-,16+,18-,19+/m1/s1. The van der Waals surface area contributed by atoms with Gasteiger partial charge in [-0.25, -0.2) is 4.79 Å². The summed E-state index contributed by atoms with van der Waals surface area (Å²) in [5.41, 5.74) is 0.575. The molecule has 7 rings (SSSR count). The molecule has 1 aromatic carbocycles. The molecule has 146 valence electrons. The molecule has 1 aliphatic heterocycles. The lowest BCUT2D eigenvalue weighted by Crippen LogP contribution is -2.45. The number of likely N-dealkylation sites (tertiary alicyclic amines) is 1. The molecule has 29 heavy (non-hydrogen) atoms. The number of carbonyl (C=O) groups excluding carboxylic acids is 3. The van der Waals surface area contributed by atoms with Crippen LogP contribution in [-0.2, 0) is 14.4 Å². The molecule has 5 aliphatic rings. The number of aromatic nitrogens is 1. The summed E-state index contributed by atoms with van der Waals surface area (Å²) < 4.78 is 5.59. The van der Waals surface area contributed by atoms with Crippen molar-refractivity contribution in [3.63, 3.8) is 0 Å². The van der Waals surface area contributed by atoms with Crippen LogP contribution in [0.25, 0.3) is 10.9 Å². The molecule has 7 atom stereocenters. The van der Waals surface area contributed by atoms with E-state index in [0.717, 1.165) is 16.7 Å². The Morgan fingerprint density at radius 2 is 1.72 bits per heavy atom. The molecule has 0 N–H and O–H groups in total. The van der Waals surface area contributed by atoms with Crippen LogP contribution < -0.4 is 4.74 Å². The van der Waals surface area contributed by atoms with Gasteiger partial charge in [-0.15, -0.1) is 0 Å². The minimum absolute atomic E-state index is 0.141. The number of pyridine rings is 1. The summed E-state index contributed by atoms with van der Waals surface area (Å²) in [7, 11) is 0. The lowest BCUT2D eigenvalue weighted by atomic mass is 9.63. The molecule has 0 unspecified atom stereocenters.